The molecule has 0 spiro atoms. The van der Waals surface area contributed by atoms with Gasteiger partial charge in [0.15, 0.2) is 0 Å². The summed E-state index contributed by atoms with van der Waals surface area (Å²) in [6.07, 6.45) is 0.957. The van der Waals surface area contributed by atoms with Gasteiger partial charge in [-0.15, -0.1) is 0 Å². The van der Waals surface area contributed by atoms with Crippen LogP contribution in [0, 0.1) is 0 Å². The lowest BCUT2D eigenvalue weighted by atomic mass is 10.1. The molecule has 100 valence electrons. The van der Waals surface area contributed by atoms with E-state index in [2.05, 4.69) is 55.0 Å². The molecule has 3 nitrogen and oxygen atoms in total. The van der Waals surface area contributed by atoms with Crippen LogP contribution >= 0.6 is 0 Å². The van der Waals surface area contributed by atoms with Crippen molar-refractivity contribution in [1.82, 2.24) is 4.90 Å². The summed E-state index contributed by atoms with van der Waals surface area (Å²) >= 11 is 0. The minimum Gasteiger partial charge on any atom is -0.366 e. The molecule has 1 heterocycles. The summed E-state index contributed by atoms with van der Waals surface area (Å²) in [4.78, 5) is 4.89. The van der Waals surface area contributed by atoms with Gasteiger partial charge >= 0.3 is 0 Å². The molecule has 1 aliphatic rings. The van der Waals surface area contributed by atoms with Gasteiger partial charge in [0.05, 0.1) is 0 Å². The summed E-state index contributed by atoms with van der Waals surface area (Å²) in [5.74, 6) is 0. The zero-order chi connectivity index (χ0) is 13.1. The minimum absolute atomic E-state index is 0.235. The quantitative estimate of drug-likeness (QED) is 0.882. The fourth-order valence-corrected chi connectivity index (χ4v) is 2.72. The van der Waals surface area contributed by atoms with Crippen LogP contribution in [-0.4, -0.2) is 43.7 Å². The van der Waals surface area contributed by atoms with Crippen molar-refractivity contribution < 1.29 is 0 Å². The molecule has 2 unspecified atom stereocenters. The summed E-state index contributed by atoms with van der Waals surface area (Å²) in [6.45, 7) is 7.75. The first-order valence-corrected chi connectivity index (χ1v) is 6.86. The molecule has 0 saturated carbocycles. The van der Waals surface area contributed by atoms with Gasteiger partial charge < -0.3 is 15.5 Å². The van der Waals surface area contributed by atoms with Gasteiger partial charge in [0.1, 0.15) is 0 Å². The number of nitrogens with zero attached hydrogens (tertiary/aromatic N) is 2. The molecule has 1 aliphatic heterocycles. The maximum Gasteiger partial charge on any atom is 0.0389 e. The van der Waals surface area contributed by atoms with Crippen molar-refractivity contribution in [1.29, 1.82) is 0 Å². The van der Waals surface area contributed by atoms with Crippen LogP contribution in [0.15, 0.2) is 24.3 Å². The van der Waals surface area contributed by atoms with Crippen LogP contribution in [0.25, 0.3) is 0 Å². The number of anilines is 1. The van der Waals surface area contributed by atoms with Crippen LogP contribution in [0.3, 0.4) is 0 Å². The Labute approximate surface area is 111 Å². The lowest BCUT2D eigenvalue weighted by Crippen LogP contribution is -2.50. The highest BCUT2D eigenvalue weighted by molar-refractivity contribution is 5.49. The second-order valence-electron chi connectivity index (χ2n) is 5.65. The summed E-state index contributed by atoms with van der Waals surface area (Å²) < 4.78 is 0. The third-order valence-electron chi connectivity index (χ3n) is 3.66. The van der Waals surface area contributed by atoms with Gasteiger partial charge in [0.25, 0.3) is 0 Å². The smallest absolute Gasteiger partial charge is 0.0389 e. The molecule has 2 rings (SSSR count). The maximum atomic E-state index is 5.83. The van der Waals surface area contributed by atoms with Crippen molar-refractivity contribution in [3.8, 4) is 0 Å². The molecule has 3 heteroatoms. The molecule has 1 fully saturated rings. The van der Waals surface area contributed by atoms with Crippen LogP contribution in [-0.2, 0) is 6.42 Å². The predicted molar refractivity (Wildman–Crippen MR) is 78.1 cm³/mol. The van der Waals surface area contributed by atoms with Crippen molar-refractivity contribution in [2.75, 3.05) is 31.6 Å². The molecule has 0 amide bonds. The predicted octanol–water partition coefficient (Wildman–Crippen LogP) is 1.72. The van der Waals surface area contributed by atoms with E-state index >= 15 is 0 Å². The second-order valence-corrected chi connectivity index (χ2v) is 5.65. The highest BCUT2D eigenvalue weighted by Crippen LogP contribution is 2.21. The van der Waals surface area contributed by atoms with Gasteiger partial charge in [0, 0.05) is 37.4 Å². The van der Waals surface area contributed by atoms with Crippen LogP contribution in [0.1, 0.15) is 19.4 Å². The number of hydrogen-bond donors (Lipinski definition) is 1. The molecule has 2 N–H and O–H groups in total. The molecule has 1 saturated heterocycles. The van der Waals surface area contributed by atoms with Gasteiger partial charge in [-0.05, 0) is 45.0 Å². The number of piperazine rings is 1. The summed E-state index contributed by atoms with van der Waals surface area (Å²) in [5, 5.41) is 0. The van der Waals surface area contributed by atoms with Crippen LogP contribution < -0.4 is 10.6 Å². The van der Waals surface area contributed by atoms with E-state index in [9.17, 15) is 0 Å². The first-order valence-electron chi connectivity index (χ1n) is 6.86. The zero-order valence-corrected chi connectivity index (χ0v) is 11.8. The van der Waals surface area contributed by atoms with Gasteiger partial charge in [-0.3, -0.25) is 0 Å². The summed E-state index contributed by atoms with van der Waals surface area (Å²) in [6, 6.07) is 9.72. The Morgan fingerprint density at radius 2 is 1.94 bits per heavy atom. The molecule has 0 aromatic heterocycles. The maximum absolute atomic E-state index is 5.83. The van der Waals surface area contributed by atoms with E-state index in [1.807, 2.05) is 0 Å². The van der Waals surface area contributed by atoms with Gasteiger partial charge in [-0.1, -0.05) is 12.1 Å². The topological polar surface area (TPSA) is 32.5 Å². The van der Waals surface area contributed by atoms with Gasteiger partial charge in [-0.2, -0.15) is 0 Å². The van der Waals surface area contributed by atoms with Crippen molar-refractivity contribution in [3.63, 3.8) is 0 Å². The molecular formula is C15H25N3. The standard InChI is InChI=1S/C15H25N3/c1-12(16)10-14-4-6-15(7-5-14)18-9-8-17(3)11-13(18)2/h4-7,12-13H,8-11,16H2,1-3H3. The van der Waals surface area contributed by atoms with E-state index in [0.717, 1.165) is 26.1 Å². The molecule has 18 heavy (non-hydrogen) atoms. The van der Waals surface area contributed by atoms with Crippen molar-refractivity contribution in [2.24, 2.45) is 5.73 Å². The summed E-state index contributed by atoms with van der Waals surface area (Å²) in [5.41, 5.74) is 8.49. The van der Waals surface area contributed by atoms with Crippen LogP contribution in [0.5, 0.6) is 0 Å². The highest BCUT2D eigenvalue weighted by Gasteiger charge is 2.21. The first kappa shape index (κ1) is 13.4. The lowest BCUT2D eigenvalue weighted by Gasteiger charge is -2.39. The normalized spacial score (nSPS) is 23.1. The molecule has 1 aromatic rings. The Balaban J connectivity index is 2.05. The molecule has 2 atom stereocenters. The van der Waals surface area contributed by atoms with Crippen molar-refractivity contribution >= 4 is 5.69 Å². The molecule has 0 aliphatic carbocycles. The number of rotatable bonds is 3. The van der Waals surface area contributed by atoms with E-state index in [4.69, 9.17) is 5.73 Å². The molecular weight excluding hydrogens is 222 g/mol. The van der Waals surface area contributed by atoms with Crippen molar-refractivity contribution in [2.45, 2.75) is 32.4 Å². The van der Waals surface area contributed by atoms with E-state index in [1.54, 1.807) is 0 Å². The van der Waals surface area contributed by atoms with E-state index in [1.165, 1.54) is 11.3 Å². The Morgan fingerprint density at radius 3 is 2.50 bits per heavy atom. The largest absolute Gasteiger partial charge is 0.366 e. The zero-order valence-electron chi connectivity index (χ0n) is 11.8. The number of likely N-dealkylation sites (N-methyl/N-ethyl adjacent to an activating group) is 1. The second kappa shape index (κ2) is 5.72. The average molecular weight is 247 g/mol. The SMILES string of the molecule is CC(N)Cc1ccc(N2CCN(C)CC2C)cc1. The average Bonchev–Trinajstić information content (AvgIpc) is 2.30. The Hall–Kier alpha value is -1.06. The highest BCUT2D eigenvalue weighted by atomic mass is 15.3. The van der Waals surface area contributed by atoms with Crippen LogP contribution in [0.4, 0.5) is 5.69 Å². The minimum atomic E-state index is 0.235. The van der Waals surface area contributed by atoms with E-state index in [-0.39, 0.29) is 6.04 Å². The fraction of sp³-hybridized carbons (Fsp3) is 0.600. The first-order chi connectivity index (χ1) is 8.56. The molecule has 0 radical (unpaired) electrons. The third-order valence-corrected chi connectivity index (χ3v) is 3.66. The molecule has 1 aromatic carbocycles. The van der Waals surface area contributed by atoms with Gasteiger partial charge in [-0.25, -0.2) is 0 Å². The Morgan fingerprint density at radius 1 is 1.28 bits per heavy atom. The monoisotopic (exact) mass is 247 g/mol. The number of hydrogen-bond acceptors (Lipinski definition) is 3. The number of nitrogens with two attached hydrogens (primary N) is 1. The van der Waals surface area contributed by atoms with Crippen molar-refractivity contribution in [3.05, 3.63) is 29.8 Å². The number of benzene rings is 1. The Bertz CT molecular complexity index is 372. The third kappa shape index (κ3) is 3.24. The van der Waals surface area contributed by atoms with Gasteiger partial charge in [0.2, 0.25) is 0 Å². The lowest BCUT2D eigenvalue weighted by molar-refractivity contribution is 0.275. The van der Waals surface area contributed by atoms with E-state index in [0.29, 0.717) is 6.04 Å². The Kier molecular flexibility index (Phi) is 4.25. The fourth-order valence-electron chi connectivity index (χ4n) is 2.72. The van der Waals surface area contributed by atoms with Crippen LogP contribution in [0.2, 0.25) is 0 Å². The summed E-state index contributed by atoms with van der Waals surface area (Å²) in [7, 11) is 2.19. The molecule has 0 bridgehead atoms. The van der Waals surface area contributed by atoms with E-state index < -0.39 is 0 Å².